The van der Waals surface area contributed by atoms with Crippen LogP contribution in [0, 0.1) is 0 Å². The van der Waals surface area contributed by atoms with Gasteiger partial charge in [0.05, 0.1) is 12.1 Å². The monoisotopic (exact) mass is 425 g/mol. The number of halogens is 2. The van der Waals surface area contributed by atoms with E-state index in [2.05, 4.69) is 12.2 Å². The fraction of sp³-hybridized carbons (Fsp3) is 0.478. The molecule has 0 heterocycles. The molecular formula is C23H33Cl2NO2. The fourth-order valence-corrected chi connectivity index (χ4v) is 3.30. The molecule has 0 spiro atoms. The summed E-state index contributed by atoms with van der Waals surface area (Å²) in [5.41, 5.74) is 2.20. The number of unbranched alkanes of at least 4 members (excludes halogenated alkanes) is 5. The predicted molar refractivity (Wildman–Crippen MR) is 121 cm³/mol. The number of hydrogen-bond donors (Lipinski definition) is 1. The van der Waals surface area contributed by atoms with Crippen molar-refractivity contribution in [1.29, 1.82) is 0 Å². The maximum atomic E-state index is 6.46. The molecule has 0 aliphatic rings. The Bertz CT molecular complexity index is 665. The van der Waals surface area contributed by atoms with Gasteiger partial charge in [-0.05, 0) is 36.2 Å². The van der Waals surface area contributed by atoms with Crippen LogP contribution in [0.25, 0.3) is 0 Å². The number of hydrogen-bond acceptors (Lipinski definition) is 3. The third-order valence-corrected chi connectivity index (χ3v) is 4.83. The van der Waals surface area contributed by atoms with Crippen LogP contribution in [-0.2, 0) is 13.2 Å². The highest BCUT2D eigenvalue weighted by Gasteiger charge is 2.12. The third kappa shape index (κ3) is 8.72. The van der Waals surface area contributed by atoms with Gasteiger partial charge in [-0.15, -0.1) is 12.4 Å². The van der Waals surface area contributed by atoms with Crippen molar-refractivity contribution in [1.82, 2.24) is 5.32 Å². The average molecular weight is 426 g/mol. The van der Waals surface area contributed by atoms with Gasteiger partial charge in [0.2, 0.25) is 0 Å². The van der Waals surface area contributed by atoms with Crippen LogP contribution >= 0.6 is 24.0 Å². The zero-order chi connectivity index (χ0) is 19.3. The highest BCUT2D eigenvalue weighted by Crippen LogP contribution is 2.37. The van der Waals surface area contributed by atoms with E-state index < -0.39 is 0 Å². The Kier molecular flexibility index (Phi) is 12.8. The van der Waals surface area contributed by atoms with E-state index in [0.717, 1.165) is 24.2 Å². The lowest BCUT2D eigenvalue weighted by atomic mass is 10.1. The maximum Gasteiger partial charge on any atom is 0.180 e. The molecule has 0 fully saturated rings. The molecule has 5 heteroatoms. The summed E-state index contributed by atoms with van der Waals surface area (Å²) in [6, 6.07) is 14.0. The lowest BCUT2D eigenvalue weighted by Gasteiger charge is -2.15. The average Bonchev–Trinajstić information content (AvgIpc) is 2.69. The lowest BCUT2D eigenvalue weighted by molar-refractivity contribution is 0.284. The minimum atomic E-state index is 0. The maximum absolute atomic E-state index is 6.46. The molecule has 156 valence electrons. The molecular weight excluding hydrogens is 393 g/mol. The Morgan fingerprint density at radius 1 is 0.929 bits per heavy atom. The van der Waals surface area contributed by atoms with Crippen molar-refractivity contribution < 1.29 is 9.47 Å². The van der Waals surface area contributed by atoms with Crippen molar-refractivity contribution >= 4 is 24.0 Å². The largest absolute Gasteiger partial charge is 0.493 e. The van der Waals surface area contributed by atoms with Crippen LogP contribution in [0.5, 0.6) is 11.5 Å². The molecule has 0 aromatic heterocycles. The first-order valence-electron chi connectivity index (χ1n) is 9.98. The molecule has 0 atom stereocenters. The number of rotatable bonds is 13. The van der Waals surface area contributed by atoms with Crippen molar-refractivity contribution in [2.45, 2.75) is 58.6 Å². The van der Waals surface area contributed by atoms with Crippen molar-refractivity contribution in [2.75, 3.05) is 13.7 Å². The molecule has 3 nitrogen and oxygen atoms in total. The Morgan fingerprint density at radius 3 is 2.36 bits per heavy atom. The Morgan fingerprint density at radius 2 is 1.64 bits per heavy atom. The summed E-state index contributed by atoms with van der Waals surface area (Å²) in [7, 11) is 1.65. The quantitative estimate of drug-likeness (QED) is 0.357. The van der Waals surface area contributed by atoms with Crippen LogP contribution < -0.4 is 14.8 Å². The van der Waals surface area contributed by atoms with Crippen molar-refractivity contribution in [3.63, 3.8) is 0 Å². The minimum absolute atomic E-state index is 0. The zero-order valence-corrected chi connectivity index (χ0v) is 18.6. The van der Waals surface area contributed by atoms with Crippen LogP contribution in [0.4, 0.5) is 0 Å². The molecule has 0 saturated heterocycles. The van der Waals surface area contributed by atoms with Gasteiger partial charge < -0.3 is 14.8 Å². The van der Waals surface area contributed by atoms with Gasteiger partial charge in [-0.25, -0.2) is 0 Å². The molecule has 0 aliphatic heterocycles. The second kappa shape index (κ2) is 14.6. The Balaban J connectivity index is 0.00000392. The molecule has 0 aliphatic carbocycles. The van der Waals surface area contributed by atoms with Gasteiger partial charge in [0, 0.05) is 6.54 Å². The molecule has 2 rings (SSSR count). The van der Waals surface area contributed by atoms with Crippen LogP contribution in [0.1, 0.15) is 56.6 Å². The van der Waals surface area contributed by atoms with Crippen LogP contribution in [-0.4, -0.2) is 13.7 Å². The summed E-state index contributed by atoms with van der Waals surface area (Å²) in [5, 5.41) is 4.08. The van der Waals surface area contributed by atoms with E-state index in [1.807, 2.05) is 42.5 Å². The van der Waals surface area contributed by atoms with Crippen LogP contribution in [0.3, 0.4) is 0 Å². The van der Waals surface area contributed by atoms with Gasteiger partial charge in [0.25, 0.3) is 0 Å². The number of methoxy groups -OCH3 is 1. The molecule has 0 radical (unpaired) electrons. The standard InChI is InChI=1S/C23H32ClNO2.ClH/c1-3-4-5-6-7-11-14-25-17-20-15-21(24)23(22(16-20)26-2)27-18-19-12-9-8-10-13-19;/h8-10,12-13,15-16,25H,3-7,11,14,17-18H2,1-2H3;1H. The van der Waals surface area contributed by atoms with E-state index in [0.29, 0.717) is 23.1 Å². The van der Waals surface area contributed by atoms with Crippen LogP contribution in [0.2, 0.25) is 5.02 Å². The van der Waals surface area contributed by atoms with E-state index in [4.69, 9.17) is 21.1 Å². The Hall–Kier alpha value is -1.42. The first-order valence-corrected chi connectivity index (χ1v) is 10.4. The minimum Gasteiger partial charge on any atom is -0.493 e. The highest BCUT2D eigenvalue weighted by atomic mass is 35.5. The first kappa shape index (κ1) is 24.6. The normalized spacial score (nSPS) is 10.4. The molecule has 1 N–H and O–H groups in total. The van der Waals surface area contributed by atoms with E-state index in [-0.39, 0.29) is 12.4 Å². The van der Waals surface area contributed by atoms with Gasteiger partial charge in [0.15, 0.2) is 11.5 Å². The summed E-state index contributed by atoms with van der Waals surface area (Å²) in [5.74, 6) is 1.28. The van der Waals surface area contributed by atoms with E-state index in [9.17, 15) is 0 Å². The van der Waals surface area contributed by atoms with Gasteiger partial charge in [-0.3, -0.25) is 0 Å². The molecule has 28 heavy (non-hydrogen) atoms. The summed E-state index contributed by atoms with van der Waals surface area (Å²) >= 11 is 6.46. The second-order valence-corrected chi connectivity index (χ2v) is 7.24. The number of ether oxygens (including phenoxy) is 2. The van der Waals surface area contributed by atoms with E-state index in [1.54, 1.807) is 7.11 Å². The molecule has 2 aromatic rings. The predicted octanol–water partition coefficient (Wildman–Crippen LogP) is 6.80. The molecule has 2 aromatic carbocycles. The van der Waals surface area contributed by atoms with Crippen LogP contribution in [0.15, 0.2) is 42.5 Å². The van der Waals surface area contributed by atoms with Crippen molar-refractivity contribution in [2.24, 2.45) is 0 Å². The van der Waals surface area contributed by atoms with Gasteiger partial charge in [-0.2, -0.15) is 0 Å². The summed E-state index contributed by atoms with van der Waals surface area (Å²) in [6.07, 6.45) is 7.85. The topological polar surface area (TPSA) is 30.5 Å². The molecule has 0 unspecified atom stereocenters. The molecule has 0 bridgehead atoms. The summed E-state index contributed by atoms with van der Waals surface area (Å²) in [4.78, 5) is 0. The van der Waals surface area contributed by atoms with Gasteiger partial charge >= 0.3 is 0 Å². The molecule has 0 saturated carbocycles. The van der Waals surface area contributed by atoms with Crippen molar-refractivity contribution in [3.8, 4) is 11.5 Å². The smallest absolute Gasteiger partial charge is 0.180 e. The summed E-state index contributed by atoms with van der Waals surface area (Å²) in [6.45, 7) is 4.52. The first-order chi connectivity index (χ1) is 13.2. The van der Waals surface area contributed by atoms with Gasteiger partial charge in [0.1, 0.15) is 6.61 Å². The fourth-order valence-electron chi connectivity index (χ4n) is 3.01. The lowest BCUT2D eigenvalue weighted by Crippen LogP contribution is -2.14. The van der Waals surface area contributed by atoms with Gasteiger partial charge in [-0.1, -0.05) is 81.0 Å². The van der Waals surface area contributed by atoms with Crippen molar-refractivity contribution in [3.05, 3.63) is 58.6 Å². The van der Waals surface area contributed by atoms with E-state index >= 15 is 0 Å². The van der Waals surface area contributed by atoms with E-state index in [1.165, 1.54) is 38.5 Å². The number of nitrogens with one attached hydrogen (secondary N) is 1. The zero-order valence-electron chi connectivity index (χ0n) is 17.0. The third-order valence-electron chi connectivity index (χ3n) is 4.55. The summed E-state index contributed by atoms with van der Waals surface area (Å²) < 4.78 is 11.4. The highest BCUT2D eigenvalue weighted by molar-refractivity contribution is 6.32. The molecule has 0 amide bonds. The second-order valence-electron chi connectivity index (χ2n) is 6.83. The number of benzene rings is 2. The SMILES string of the molecule is CCCCCCCCNCc1cc(Cl)c(OCc2ccccc2)c(OC)c1.Cl. The Labute approximate surface area is 181 Å².